The lowest BCUT2D eigenvalue weighted by Crippen LogP contribution is -2.24. The van der Waals surface area contributed by atoms with Crippen LogP contribution < -0.4 is 5.32 Å². The van der Waals surface area contributed by atoms with E-state index >= 15 is 0 Å². The number of aromatic amines is 1. The van der Waals surface area contributed by atoms with E-state index in [1.165, 1.54) is 16.3 Å². The van der Waals surface area contributed by atoms with Crippen molar-refractivity contribution in [2.24, 2.45) is 0 Å². The smallest absolute Gasteiger partial charge is 0.127 e. The lowest BCUT2D eigenvalue weighted by Gasteiger charge is -2.19. The Labute approximate surface area is 119 Å². The van der Waals surface area contributed by atoms with Crippen LogP contribution >= 0.6 is 0 Å². The van der Waals surface area contributed by atoms with Crippen LogP contribution in [-0.4, -0.2) is 16.5 Å². The zero-order valence-electron chi connectivity index (χ0n) is 11.6. The standard InChI is InChI=1S/C17H19N3/c1-2-10-18-16(17-19-11-12-20-17)15-9-5-7-13-6-3-4-8-14(13)15/h3-9,11-12,16,18H,2,10H2,1H3,(H,19,20). The predicted molar refractivity (Wildman–Crippen MR) is 82.7 cm³/mol. The van der Waals surface area contributed by atoms with Crippen LogP contribution in [0, 0.1) is 0 Å². The number of hydrogen-bond donors (Lipinski definition) is 2. The lowest BCUT2D eigenvalue weighted by atomic mass is 9.98. The van der Waals surface area contributed by atoms with Gasteiger partial charge in [0.05, 0.1) is 6.04 Å². The normalized spacial score (nSPS) is 12.7. The molecule has 2 N–H and O–H groups in total. The van der Waals surface area contributed by atoms with Crippen molar-refractivity contribution < 1.29 is 0 Å². The average Bonchev–Trinajstić information content (AvgIpc) is 3.02. The van der Waals surface area contributed by atoms with E-state index in [4.69, 9.17) is 0 Å². The summed E-state index contributed by atoms with van der Waals surface area (Å²) in [6.45, 7) is 3.14. The van der Waals surface area contributed by atoms with Gasteiger partial charge in [-0.3, -0.25) is 0 Å². The Bertz CT molecular complexity index is 668. The summed E-state index contributed by atoms with van der Waals surface area (Å²) >= 11 is 0. The van der Waals surface area contributed by atoms with Gasteiger partial charge in [-0.25, -0.2) is 4.98 Å². The average molecular weight is 265 g/mol. The van der Waals surface area contributed by atoms with Gasteiger partial charge in [-0.2, -0.15) is 0 Å². The molecule has 0 saturated heterocycles. The van der Waals surface area contributed by atoms with Crippen LogP contribution in [0.4, 0.5) is 0 Å². The van der Waals surface area contributed by atoms with Gasteiger partial charge in [0.1, 0.15) is 5.82 Å². The van der Waals surface area contributed by atoms with Gasteiger partial charge in [0.15, 0.2) is 0 Å². The maximum atomic E-state index is 4.43. The van der Waals surface area contributed by atoms with Crippen molar-refractivity contribution in [2.45, 2.75) is 19.4 Å². The number of nitrogens with zero attached hydrogens (tertiary/aromatic N) is 1. The number of aromatic nitrogens is 2. The van der Waals surface area contributed by atoms with Gasteiger partial charge in [0.2, 0.25) is 0 Å². The van der Waals surface area contributed by atoms with E-state index in [0.717, 1.165) is 18.8 Å². The van der Waals surface area contributed by atoms with Gasteiger partial charge in [-0.15, -0.1) is 0 Å². The van der Waals surface area contributed by atoms with Crippen molar-refractivity contribution in [3.05, 3.63) is 66.2 Å². The Morgan fingerprint density at radius 1 is 1.15 bits per heavy atom. The molecule has 1 aromatic heterocycles. The SMILES string of the molecule is CCCNC(c1ncc[nH]1)c1cccc2ccccc12. The molecule has 1 heterocycles. The number of H-pyrrole nitrogens is 1. The molecule has 0 bridgehead atoms. The van der Waals surface area contributed by atoms with E-state index in [0.29, 0.717) is 0 Å². The third-order valence-corrected chi connectivity index (χ3v) is 3.53. The molecule has 0 amide bonds. The first kappa shape index (κ1) is 12.9. The molecule has 0 aliphatic rings. The maximum absolute atomic E-state index is 4.43. The van der Waals surface area contributed by atoms with Gasteiger partial charge < -0.3 is 10.3 Å². The van der Waals surface area contributed by atoms with Crippen molar-refractivity contribution in [1.82, 2.24) is 15.3 Å². The second-order valence-corrected chi connectivity index (χ2v) is 4.93. The summed E-state index contributed by atoms with van der Waals surface area (Å²) in [7, 11) is 0. The molecule has 1 unspecified atom stereocenters. The molecule has 102 valence electrons. The Balaban J connectivity index is 2.09. The molecule has 0 saturated carbocycles. The topological polar surface area (TPSA) is 40.7 Å². The first-order valence-electron chi connectivity index (χ1n) is 7.10. The van der Waals surface area contributed by atoms with Gasteiger partial charge in [0, 0.05) is 12.4 Å². The summed E-state index contributed by atoms with van der Waals surface area (Å²) in [6.07, 6.45) is 4.78. The predicted octanol–water partition coefficient (Wildman–Crippen LogP) is 3.65. The van der Waals surface area contributed by atoms with Crippen LogP contribution in [0.15, 0.2) is 54.9 Å². The Morgan fingerprint density at radius 3 is 2.80 bits per heavy atom. The van der Waals surface area contributed by atoms with Crippen LogP contribution in [0.2, 0.25) is 0 Å². The summed E-state index contributed by atoms with van der Waals surface area (Å²) in [5.41, 5.74) is 1.27. The summed E-state index contributed by atoms with van der Waals surface area (Å²) < 4.78 is 0. The van der Waals surface area contributed by atoms with Gasteiger partial charge in [0.25, 0.3) is 0 Å². The van der Waals surface area contributed by atoms with Gasteiger partial charge in [-0.05, 0) is 29.3 Å². The minimum Gasteiger partial charge on any atom is -0.347 e. The molecular weight excluding hydrogens is 246 g/mol. The first-order valence-corrected chi connectivity index (χ1v) is 7.10. The van der Waals surface area contributed by atoms with E-state index in [-0.39, 0.29) is 6.04 Å². The second-order valence-electron chi connectivity index (χ2n) is 4.93. The number of nitrogens with one attached hydrogen (secondary N) is 2. The fourth-order valence-corrected chi connectivity index (χ4v) is 2.58. The zero-order valence-corrected chi connectivity index (χ0v) is 11.6. The molecule has 3 nitrogen and oxygen atoms in total. The van der Waals surface area contributed by atoms with Gasteiger partial charge >= 0.3 is 0 Å². The van der Waals surface area contributed by atoms with Crippen molar-refractivity contribution in [2.75, 3.05) is 6.54 Å². The van der Waals surface area contributed by atoms with Gasteiger partial charge in [-0.1, -0.05) is 49.4 Å². The monoisotopic (exact) mass is 265 g/mol. The summed E-state index contributed by atoms with van der Waals surface area (Å²) in [4.78, 5) is 7.67. The highest BCUT2D eigenvalue weighted by Crippen LogP contribution is 2.27. The Morgan fingerprint density at radius 2 is 2.00 bits per heavy atom. The minimum atomic E-state index is 0.107. The highest BCUT2D eigenvalue weighted by Gasteiger charge is 2.17. The molecule has 0 radical (unpaired) electrons. The van der Waals surface area contributed by atoms with E-state index in [2.05, 4.69) is 64.7 Å². The number of imidazole rings is 1. The number of rotatable bonds is 5. The van der Waals surface area contributed by atoms with Crippen LogP contribution in [0.25, 0.3) is 10.8 Å². The maximum Gasteiger partial charge on any atom is 0.127 e. The van der Waals surface area contributed by atoms with E-state index in [9.17, 15) is 0 Å². The molecule has 0 aliphatic carbocycles. The minimum absolute atomic E-state index is 0.107. The van der Waals surface area contributed by atoms with Crippen molar-refractivity contribution in [1.29, 1.82) is 0 Å². The van der Waals surface area contributed by atoms with Crippen LogP contribution in [0.1, 0.15) is 30.8 Å². The molecule has 0 aliphatic heterocycles. The molecule has 2 aromatic carbocycles. The number of hydrogen-bond acceptors (Lipinski definition) is 2. The number of fused-ring (bicyclic) bond motifs is 1. The zero-order chi connectivity index (χ0) is 13.8. The second kappa shape index (κ2) is 5.88. The van der Waals surface area contributed by atoms with Crippen LogP contribution in [0.3, 0.4) is 0 Å². The summed E-state index contributed by atoms with van der Waals surface area (Å²) in [6, 6.07) is 15.0. The molecule has 3 heteroatoms. The third kappa shape index (κ3) is 2.45. The van der Waals surface area contributed by atoms with Crippen molar-refractivity contribution >= 4 is 10.8 Å². The molecule has 3 rings (SSSR count). The van der Waals surface area contributed by atoms with Crippen LogP contribution in [0.5, 0.6) is 0 Å². The highest BCUT2D eigenvalue weighted by atomic mass is 15.0. The van der Waals surface area contributed by atoms with Crippen LogP contribution in [-0.2, 0) is 0 Å². The number of benzene rings is 2. The van der Waals surface area contributed by atoms with Crippen molar-refractivity contribution in [3.8, 4) is 0 Å². The fraction of sp³-hybridized carbons (Fsp3) is 0.235. The molecule has 3 aromatic rings. The molecule has 0 spiro atoms. The highest BCUT2D eigenvalue weighted by molar-refractivity contribution is 5.86. The first-order chi connectivity index (χ1) is 9.90. The summed E-state index contributed by atoms with van der Waals surface area (Å²) in [5, 5.41) is 6.13. The molecule has 1 atom stereocenters. The summed E-state index contributed by atoms with van der Waals surface area (Å²) in [5.74, 6) is 0.967. The molecule has 0 fully saturated rings. The molecule has 20 heavy (non-hydrogen) atoms. The van der Waals surface area contributed by atoms with E-state index in [1.807, 2.05) is 6.20 Å². The Kier molecular flexibility index (Phi) is 3.79. The van der Waals surface area contributed by atoms with Crippen molar-refractivity contribution in [3.63, 3.8) is 0 Å². The molecular formula is C17H19N3. The Hall–Kier alpha value is -2.13. The quantitative estimate of drug-likeness (QED) is 0.739. The largest absolute Gasteiger partial charge is 0.347 e. The fourth-order valence-electron chi connectivity index (χ4n) is 2.58. The van der Waals surface area contributed by atoms with E-state index in [1.54, 1.807) is 6.20 Å². The lowest BCUT2D eigenvalue weighted by molar-refractivity contribution is 0.579. The third-order valence-electron chi connectivity index (χ3n) is 3.53. The van der Waals surface area contributed by atoms with E-state index < -0.39 is 0 Å².